The fourth-order valence-corrected chi connectivity index (χ4v) is 1.36. The zero-order valence-electron chi connectivity index (χ0n) is 8.28. The predicted octanol–water partition coefficient (Wildman–Crippen LogP) is 2.39. The first-order chi connectivity index (χ1) is 7.25. The molecule has 0 amide bonds. The summed E-state index contributed by atoms with van der Waals surface area (Å²) in [6, 6.07) is 2.02. The Balaban J connectivity index is 0.00000256. The van der Waals surface area contributed by atoms with Gasteiger partial charge in [-0.25, -0.2) is 0 Å². The lowest BCUT2D eigenvalue weighted by Crippen LogP contribution is -2.38. The Morgan fingerprint density at radius 1 is 1.29 bits per heavy atom. The van der Waals surface area contributed by atoms with Crippen LogP contribution < -0.4 is 5.73 Å². The van der Waals surface area contributed by atoms with Crippen LogP contribution in [0.1, 0.15) is 11.6 Å². The number of para-hydroxylation sites is 1. The first-order valence-corrected chi connectivity index (χ1v) is 4.60. The van der Waals surface area contributed by atoms with Gasteiger partial charge >= 0.3 is 6.18 Å². The van der Waals surface area contributed by atoms with Crippen LogP contribution in [0.15, 0.2) is 18.2 Å². The SMILES string of the molecule is Cl.N[C@H](c1cccc(Cl)c1O)[C@@H](O)C(F)(F)F. The summed E-state index contributed by atoms with van der Waals surface area (Å²) in [5.74, 6) is -0.556. The van der Waals surface area contributed by atoms with Gasteiger partial charge in [-0.05, 0) is 6.07 Å². The Hall–Kier alpha value is -0.690. The van der Waals surface area contributed by atoms with Crippen LogP contribution in [0.2, 0.25) is 5.02 Å². The summed E-state index contributed by atoms with van der Waals surface area (Å²) in [7, 11) is 0. The fourth-order valence-electron chi connectivity index (χ4n) is 1.17. The van der Waals surface area contributed by atoms with E-state index in [2.05, 4.69) is 0 Å². The first kappa shape index (κ1) is 16.3. The summed E-state index contributed by atoms with van der Waals surface area (Å²) >= 11 is 5.51. The molecule has 0 unspecified atom stereocenters. The van der Waals surface area contributed by atoms with E-state index in [1.54, 1.807) is 0 Å². The molecule has 1 rings (SSSR count). The molecule has 0 heterocycles. The van der Waals surface area contributed by atoms with Crippen molar-refractivity contribution in [2.45, 2.75) is 18.3 Å². The second-order valence-electron chi connectivity index (χ2n) is 3.19. The summed E-state index contributed by atoms with van der Waals surface area (Å²) in [5.41, 5.74) is 4.95. The molecule has 98 valence electrons. The smallest absolute Gasteiger partial charge is 0.416 e. The molecule has 0 aromatic heterocycles. The van der Waals surface area contributed by atoms with Gasteiger partial charge in [-0.3, -0.25) is 0 Å². The van der Waals surface area contributed by atoms with E-state index in [1.165, 1.54) is 18.2 Å². The lowest BCUT2D eigenvalue weighted by molar-refractivity contribution is -0.210. The van der Waals surface area contributed by atoms with Crippen molar-refractivity contribution in [3.8, 4) is 5.75 Å². The van der Waals surface area contributed by atoms with Crippen molar-refractivity contribution in [1.82, 2.24) is 0 Å². The summed E-state index contributed by atoms with van der Waals surface area (Å²) in [6.07, 6.45) is -7.61. The third kappa shape index (κ3) is 3.64. The number of phenolic OH excluding ortho intramolecular Hbond substituents is 1. The lowest BCUT2D eigenvalue weighted by atomic mass is 10.0. The molecule has 3 nitrogen and oxygen atoms in total. The molecule has 0 saturated carbocycles. The summed E-state index contributed by atoms with van der Waals surface area (Å²) < 4.78 is 36.5. The Morgan fingerprint density at radius 2 is 1.82 bits per heavy atom. The quantitative estimate of drug-likeness (QED) is 0.784. The minimum absolute atomic E-state index is 0. The highest BCUT2D eigenvalue weighted by atomic mass is 35.5. The van der Waals surface area contributed by atoms with Crippen LogP contribution >= 0.6 is 24.0 Å². The molecule has 0 fully saturated rings. The van der Waals surface area contributed by atoms with E-state index < -0.39 is 24.1 Å². The molecule has 2 atom stereocenters. The van der Waals surface area contributed by atoms with Crippen LogP contribution in [-0.4, -0.2) is 22.5 Å². The van der Waals surface area contributed by atoms with E-state index in [0.717, 1.165) is 0 Å². The zero-order valence-corrected chi connectivity index (χ0v) is 9.85. The average molecular weight is 292 g/mol. The van der Waals surface area contributed by atoms with Crippen molar-refractivity contribution >= 4 is 24.0 Å². The molecule has 0 saturated heterocycles. The van der Waals surface area contributed by atoms with Gasteiger partial charge in [0.2, 0.25) is 0 Å². The minimum Gasteiger partial charge on any atom is -0.506 e. The fraction of sp³-hybridized carbons (Fsp3) is 0.333. The van der Waals surface area contributed by atoms with E-state index in [9.17, 15) is 18.3 Å². The van der Waals surface area contributed by atoms with Gasteiger partial charge in [0.1, 0.15) is 5.75 Å². The number of phenols is 1. The Bertz CT molecular complexity index is 387. The van der Waals surface area contributed by atoms with E-state index in [4.69, 9.17) is 22.4 Å². The van der Waals surface area contributed by atoms with Crippen LogP contribution in [0.5, 0.6) is 5.75 Å². The van der Waals surface area contributed by atoms with Crippen molar-refractivity contribution in [1.29, 1.82) is 0 Å². The van der Waals surface area contributed by atoms with Gasteiger partial charge in [-0.2, -0.15) is 13.2 Å². The first-order valence-electron chi connectivity index (χ1n) is 4.23. The third-order valence-electron chi connectivity index (χ3n) is 2.05. The maximum Gasteiger partial charge on any atom is 0.416 e. The second-order valence-corrected chi connectivity index (χ2v) is 3.60. The van der Waals surface area contributed by atoms with Gasteiger partial charge in [0, 0.05) is 5.56 Å². The van der Waals surface area contributed by atoms with Crippen LogP contribution in [0.4, 0.5) is 13.2 Å². The number of rotatable bonds is 2. The van der Waals surface area contributed by atoms with Crippen molar-refractivity contribution < 1.29 is 23.4 Å². The number of halogens is 5. The number of alkyl halides is 3. The van der Waals surface area contributed by atoms with Gasteiger partial charge in [-0.1, -0.05) is 23.7 Å². The number of aliphatic hydroxyl groups is 1. The number of benzene rings is 1. The highest BCUT2D eigenvalue weighted by Crippen LogP contribution is 2.35. The molecule has 0 radical (unpaired) electrons. The molecule has 0 bridgehead atoms. The van der Waals surface area contributed by atoms with Crippen LogP contribution in [0.25, 0.3) is 0 Å². The number of aromatic hydroxyl groups is 1. The number of nitrogens with two attached hydrogens (primary N) is 1. The molecule has 0 aliphatic rings. The maximum atomic E-state index is 12.2. The van der Waals surface area contributed by atoms with Crippen LogP contribution in [-0.2, 0) is 0 Å². The van der Waals surface area contributed by atoms with Crippen molar-refractivity contribution in [3.63, 3.8) is 0 Å². The Kier molecular flexibility index (Phi) is 5.54. The van der Waals surface area contributed by atoms with Crippen molar-refractivity contribution in [3.05, 3.63) is 28.8 Å². The van der Waals surface area contributed by atoms with E-state index in [0.29, 0.717) is 0 Å². The van der Waals surface area contributed by atoms with E-state index >= 15 is 0 Å². The molecule has 0 aliphatic heterocycles. The highest BCUT2D eigenvalue weighted by Gasteiger charge is 2.43. The predicted molar refractivity (Wildman–Crippen MR) is 59.4 cm³/mol. The Labute approximate surface area is 106 Å². The molecular formula is C9H10Cl2F3NO2. The van der Waals surface area contributed by atoms with Gasteiger partial charge in [0.25, 0.3) is 0 Å². The highest BCUT2D eigenvalue weighted by molar-refractivity contribution is 6.32. The molecule has 4 N–H and O–H groups in total. The number of aliphatic hydroxyl groups excluding tert-OH is 1. The van der Waals surface area contributed by atoms with Gasteiger partial charge < -0.3 is 15.9 Å². The standard InChI is InChI=1S/C9H9ClF3NO2.ClH/c10-5-3-1-2-4(7(5)15)6(14)8(16)9(11,12)13;/h1-3,6,8,15-16H,14H2;1H/t6-,8-;/m1./s1. The number of hydrogen-bond acceptors (Lipinski definition) is 3. The van der Waals surface area contributed by atoms with Crippen molar-refractivity contribution in [2.24, 2.45) is 5.73 Å². The maximum absolute atomic E-state index is 12.2. The van der Waals surface area contributed by atoms with E-state index in [-0.39, 0.29) is 23.0 Å². The molecule has 1 aromatic carbocycles. The van der Waals surface area contributed by atoms with Gasteiger partial charge in [0.05, 0.1) is 11.1 Å². The largest absolute Gasteiger partial charge is 0.506 e. The third-order valence-corrected chi connectivity index (χ3v) is 2.36. The zero-order chi connectivity index (χ0) is 12.5. The Morgan fingerprint density at radius 3 is 2.29 bits per heavy atom. The second kappa shape index (κ2) is 5.77. The van der Waals surface area contributed by atoms with Crippen LogP contribution in [0, 0.1) is 0 Å². The average Bonchev–Trinajstić information content (AvgIpc) is 2.18. The topological polar surface area (TPSA) is 66.5 Å². The summed E-state index contributed by atoms with van der Waals surface area (Å²) in [6.45, 7) is 0. The number of hydrogen-bond donors (Lipinski definition) is 3. The van der Waals surface area contributed by atoms with Crippen LogP contribution in [0.3, 0.4) is 0 Å². The molecule has 8 heteroatoms. The summed E-state index contributed by atoms with van der Waals surface area (Å²) in [5, 5.41) is 18.2. The normalized spacial score (nSPS) is 14.9. The molecule has 1 aromatic rings. The lowest BCUT2D eigenvalue weighted by Gasteiger charge is -2.22. The minimum atomic E-state index is -4.85. The molecule has 17 heavy (non-hydrogen) atoms. The van der Waals surface area contributed by atoms with Gasteiger partial charge in [-0.15, -0.1) is 12.4 Å². The molecule has 0 spiro atoms. The van der Waals surface area contributed by atoms with Crippen molar-refractivity contribution in [2.75, 3.05) is 0 Å². The monoisotopic (exact) mass is 291 g/mol. The molecular weight excluding hydrogens is 282 g/mol. The van der Waals surface area contributed by atoms with E-state index in [1.807, 2.05) is 0 Å². The van der Waals surface area contributed by atoms with Gasteiger partial charge in [0.15, 0.2) is 6.10 Å². The molecule has 0 aliphatic carbocycles. The summed E-state index contributed by atoms with van der Waals surface area (Å²) in [4.78, 5) is 0.